The van der Waals surface area contributed by atoms with Crippen molar-refractivity contribution < 1.29 is 4.79 Å². The van der Waals surface area contributed by atoms with Gasteiger partial charge in [-0.25, -0.2) is 0 Å². The summed E-state index contributed by atoms with van der Waals surface area (Å²) in [7, 11) is 1.83. The third-order valence-corrected chi connectivity index (χ3v) is 1.42. The van der Waals surface area contributed by atoms with E-state index < -0.39 is 0 Å². The third kappa shape index (κ3) is 7.10. The number of terminal acetylenes is 1. The molecule has 68 valence electrons. The Bertz CT molecular complexity index is 160. The van der Waals surface area contributed by atoms with E-state index in [9.17, 15) is 4.79 Å². The lowest BCUT2D eigenvalue weighted by Crippen LogP contribution is -2.27. The van der Waals surface area contributed by atoms with Gasteiger partial charge in [0.1, 0.15) is 0 Å². The first kappa shape index (κ1) is 11.0. The fourth-order valence-electron chi connectivity index (χ4n) is 0.745. The predicted molar refractivity (Wildman–Crippen MR) is 49.6 cm³/mol. The van der Waals surface area contributed by atoms with E-state index in [1.807, 2.05) is 7.05 Å². The van der Waals surface area contributed by atoms with Crippen molar-refractivity contribution in [2.45, 2.75) is 19.3 Å². The van der Waals surface area contributed by atoms with E-state index in [1.165, 1.54) is 0 Å². The molecule has 2 N–H and O–H groups in total. The zero-order valence-electron chi connectivity index (χ0n) is 7.52. The molecule has 0 aromatic carbocycles. The number of carbonyl (C=O) groups excluding carboxylic acids is 1. The minimum absolute atomic E-state index is 0.0846. The van der Waals surface area contributed by atoms with Gasteiger partial charge in [0.05, 0.1) is 0 Å². The van der Waals surface area contributed by atoms with Gasteiger partial charge < -0.3 is 10.6 Å². The first-order valence-electron chi connectivity index (χ1n) is 4.16. The smallest absolute Gasteiger partial charge is 0.221 e. The Kier molecular flexibility index (Phi) is 7.41. The lowest BCUT2D eigenvalue weighted by molar-refractivity contribution is -0.120. The second-order valence-corrected chi connectivity index (χ2v) is 2.51. The molecule has 3 heteroatoms. The second kappa shape index (κ2) is 8.09. The number of nitrogens with one attached hydrogen (secondary N) is 2. The highest BCUT2D eigenvalue weighted by Gasteiger charge is 1.97. The minimum Gasteiger partial charge on any atom is -0.356 e. The van der Waals surface area contributed by atoms with Gasteiger partial charge in [0.2, 0.25) is 5.91 Å². The molecule has 3 nitrogen and oxygen atoms in total. The van der Waals surface area contributed by atoms with Crippen LogP contribution in [-0.4, -0.2) is 26.0 Å². The summed E-state index contributed by atoms with van der Waals surface area (Å²) in [4.78, 5) is 11.0. The van der Waals surface area contributed by atoms with Crippen molar-refractivity contribution in [3.63, 3.8) is 0 Å². The van der Waals surface area contributed by atoms with Crippen molar-refractivity contribution in [1.82, 2.24) is 10.6 Å². The Morgan fingerprint density at radius 1 is 1.50 bits per heavy atom. The summed E-state index contributed by atoms with van der Waals surface area (Å²) in [6.45, 7) is 1.41. The average Bonchev–Trinajstić information content (AvgIpc) is 2.09. The summed E-state index contributed by atoms with van der Waals surface area (Å²) < 4.78 is 0. The standard InChI is InChI=1S/C9H16N2O/c1-3-4-5-7-11-9(12)6-8-10-2/h1,10H,4-8H2,2H3,(H,11,12). The van der Waals surface area contributed by atoms with Gasteiger partial charge in [-0.3, -0.25) is 4.79 Å². The Morgan fingerprint density at radius 2 is 2.25 bits per heavy atom. The molecule has 0 fully saturated rings. The maximum absolute atomic E-state index is 11.0. The molecule has 0 heterocycles. The van der Waals surface area contributed by atoms with Crippen LogP contribution < -0.4 is 10.6 Å². The number of hydrogen-bond acceptors (Lipinski definition) is 2. The molecule has 0 aliphatic rings. The molecule has 0 rings (SSSR count). The van der Waals surface area contributed by atoms with Crippen LogP contribution in [0.3, 0.4) is 0 Å². The van der Waals surface area contributed by atoms with Gasteiger partial charge in [0.15, 0.2) is 0 Å². The van der Waals surface area contributed by atoms with Gasteiger partial charge >= 0.3 is 0 Å². The molecule has 0 saturated carbocycles. The monoisotopic (exact) mass is 168 g/mol. The van der Waals surface area contributed by atoms with Gasteiger partial charge in [-0.15, -0.1) is 12.3 Å². The summed E-state index contributed by atoms with van der Waals surface area (Å²) in [6, 6.07) is 0. The molecule has 12 heavy (non-hydrogen) atoms. The molecular weight excluding hydrogens is 152 g/mol. The average molecular weight is 168 g/mol. The Labute approximate surface area is 73.9 Å². The summed E-state index contributed by atoms with van der Waals surface area (Å²) in [6.07, 6.45) is 7.18. The summed E-state index contributed by atoms with van der Waals surface area (Å²) in [5.74, 6) is 2.61. The molecule has 0 bridgehead atoms. The van der Waals surface area contributed by atoms with Gasteiger partial charge in [0.25, 0.3) is 0 Å². The first-order valence-corrected chi connectivity index (χ1v) is 4.16. The van der Waals surface area contributed by atoms with Crippen molar-refractivity contribution in [2.24, 2.45) is 0 Å². The van der Waals surface area contributed by atoms with Gasteiger partial charge in [-0.1, -0.05) is 0 Å². The van der Waals surface area contributed by atoms with Gasteiger partial charge in [0, 0.05) is 25.9 Å². The summed E-state index contributed by atoms with van der Waals surface area (Å²) in [5, 5.41) is 5.68. The zero-order valence-corrected chi connectivity index (χ0v) is 7.52. The Morgan fingerprint density at radius 3 is 2.83 bits per heavy atom. The van der Waals surface area contributed by atoms with E-state index in [2.05, 4.69) is 16.6 Å². The van der Waals surface area contributed by atoms with Crippen LogP contribution in [0.15, 0.2) is 0 Å². The van der Waals surface area contributed by atoms with E-state index in [0.717, 1.165) is 19.4 Å². The number of unbranched alkanes of at least 4 members (excludes halogenated alkanes) is 1. The quantitative estimate of drug-likeness (QED) is 0.437. The normalized spacial score (nSPS) is 9.00. The lowest BCUT2D eigenvalue weighted by atomic mass is 10.3. The van der Waals surface area contributed by atoms with Crippen molar-refractivity contribution >= 4 is 5.91 Å². The molecule has 0 saturated heterocycles. The van der Waals surface area contributed by atoms with Crippen LogP contribution in [0.25, 0.3) is 0 Å². The van der Waals surface area contributed by atoms with Crippen LogP contribution in [0.2, 0.25) is 0 Å². The molecule has 0 aromatic rings. The van der Waals surface area contributed by atoms with Crippen molar-refractivity contribution in [3.8, 4) is 12.3 Å². The Hall–Kier alpha value is -1.01. The second-order valence-electron chi connectivity index (χ2n) is 2.51. The van der Waals surface area contributed by atoms with E-state index in [-0.39, 0.29) is 5.91 Å². The first-order chi connectivity index (χ1) is 5.81. The SMILES string of the molecule is C#CCCCNC(=O)CCNC. The van der Waals surface area contributed by atoms with Gasteiger partial charge in [-0.2, -0.15) is 0 Å². The molecule has 0 unspecified atom stereocenters. The van der Waals surface area contributed by atoms with Crippen LogP contribution in [0.4, 0.5) is 0 Å². The topological polar surface area (TPSA) is 41.1 Å². The fraction of sp³-hybridized carbons (Fsp3) is 0.667. The number of hydrogen-bond donors (Lipinski definition) is 2. The van der Waals surface area contributed by atoms with Gasteiger partial charge in [-0.05, 0) is 13.5 Å². The largest absolute Gasteiger partial charge is 0.356 e. The predicted octanol–water partition coefficient (Wildman–Crippen LogP) is 0.126. The maximum Gasteiger partial charge on any atom is 0.221 e. The van der Waals surface area contributed by atoms with Crippen molar-refractivity contribution in [3.05, 3.63) is 0 Å². The maximum atomic E-state index is 11.0. The number of carbonyl (C=O) groups is 1. The van der Waals surface area contributed by atoms with Crippen LogP contribution >= 0.6 is 0 Å². The third-order valence-electron chi connectivity index (χ3n) is 1.42. The molecule has 0 aromatic heterocycles. The zero-order chi connectivity index (χ0) is 9.23. The molecular formula is C9H16N2O. The molecule has 0 aliphatic carbocycles. The Balaban J connectivity index is 3.15. The van der Waals surface area contributed by atoms with E-state index >= 15 is 0 Å². The van der Waals surface area contributed by atoms with Crippen molar-refractivity contribution in [2.75, 3.05) is 20.1 Å². The highest BCUT2D eigenvalue weighted by molar-refractivity contribution is 5.75. The van der Waals surface area contributed by atoms with E-state index in [0.29, 0.717) is 13.0 Å². The molecule has 0 spiro atoms. The van der Waals surface area contributed by atoms with Crippen LogP contribution in [0, 0.1) is 12.3 Å². The van der Waals surface area contributed by atoms with E-state index in [4.69, 9.17) is 6.42 Å². The minimum atomic E-state index is 0.0846. The van der Waals surface area contributed by atoms with Crippen molar-refractivity contribution in [1.29, 1.82) is 0 Å². The molecule has 0 radical (unpaired) electrons. The fourth-order valence-corrected chi connectivity index (χ4v) is 0.745. The number of amides is 1. The molecule has 1 amide bonds. The number of rotatable bonds is 6. The molecule has 0 atom stereocenters. The lowest BCUT2D eigenvalue weighted by Gasteiger charge is -2.02. The molecule has 0 aliphatic heterocycles. The highest BCUT2D eigenvalue weighted by atomic mass is 16.1. The summed E-state index contributed by atoms with van der Waals surface area (Å²) in [5.41, 5.74) is 0. The van der Waals surface area contributed by atoms with Crippen LogP contribution in [-0.2, 0) is 4.79 Å². The van der Waals surface area contributed by atoms with E-state index in [1.54, 1.807) is 0 Å². The van der Waals surface area contributed by atoms with Crippen LogP contribution in [0.1, 0.15) is 19.3 Å². The van der Waals surface area contributed by atoms with Crippen LogP contribution in [0.5, 0.6) is 0 Å². The highest BCUT2D eigenvalue weighted by Crippen LogP contribution is 1.83. The summed E-state index contributed by atoms with van der Waals surface area (Å²) >= 11 is 0.